The van der Waals surface area contributed by atoms with E-state index in [0.29, 0.717) is 29.6 Å². The van der Waals surface area contributed by atoms with E-state index in [1.54, 1.807) is 12.3 Å². The first-order chi connectivity index (χ1) is 21.0. The molecule has 0 fully saturated rings. The Morgan fingerprint density at radius 3 is 2.61 bits per heavy atom. The summed E-state index contributed by atoms with van der Waals surface area (Å²) in [7, 11) is 0.806. The predicted molar refractivity (Wildman–Crippen MR) is 168 cm³/mol. The van der Waals surface area contributed by atoms with Crippen LogP contribution >= 0.6 is 11.6 Å². The number of alkyl halides is 1. The van der Waals surface area contributed by atoms with Crippen molar-refractivity contribution in [1.82, 2.24) is 15.1 Å². The number of sulfone groups is 1. The van der Waals surface area contributed by atoms with E-state index in [0.717, 1.165) is 42.7 Å². The average molecular weight is 750 g/mol. The summed E-state index contributed by atoms with van der Waals surface area (Å²) in [5.41, 5.74) is 4.14. The fourth-order valence-electron chi connectivity index (χ4n) is 4.74. The van der Waals surface area contributed by atoms with Gasteiger partial charge in [0.2, 0.25) is 0 Å². The van der Waals surface area contributed by atoms with Crippen molar-refractivity contribution in [3.8, 4) is 17.1 Å². The number of halogens is 3. The summed E-state index contributed by atoms with van der Waals surface area (Å²) in [4.78, 5) is 6.12. The Morgan fingerprint density at radius 2 is 1.86 bits per heavy atom. The van der Waals surface area contributed by atoms with Crippen molar-refractivity contribution in [1.29, 1.82) is 0 Å². The maximum absolute atomic E-state index is 13.6. The molecule has 0 saturated heterocycles. The number of hydrogen-bond donors (Lipinski definition) is 0. The SMILES string of the molecule is C[I-]c1c(N(C)c2cnnc3ccc(-c4ccc(CN(C)CCS(C)(=O)=O)o4)cc23)ccc(OCc2cccc(F)c2)c1Cl. The number of nitrogens with zero attached hydrogens (tertiary/aromatic N) is 4. The first-order valence-electron chi connectivity index (χ1n) is 13.7. The van der Waals surface area contributed by atoms with Gasteiger partial charge in [0.05, 0.1) is 5.75 Å². The molecule has 0 unspecified atom stereocenters. The van der Waals surface area contributed by atoms with Crippen LogP contribution in [0.25, 0.3) is 22.2 Å². The zero-order chi connectivity index (χ0) is 31.4. The molecule has 3 aromatic carbocycles. The summed E-state index contributed by atoms with van der Waals surface area (Å²) < 4.78 is 49.8. The molecule has 0 N–H and O–H groups in total. The van der Waals surface area contributed by atoms with Crippen LogP contribution in [-0.4, -0.2) is 61.1 Å². The molecule has 232 valence electrons. The molecule has 44 heavy (non-hydrogen) atoms. The van der Waals surface area contributed by atoms with E-state index >= 15 is 0 Å². The van der Waals surface area contributed by atoms with Crippen molar-refractivity contribution in [2.24, 2.45) is 0 Å². The van der Waals surface area contributed by atoms with Crippen LogP contribution < -0.4 is 30.8 Å². The fourth-order valence-corrected chi connectivity index (χ4v) is 7.91. The molecule has 0 aliphatic rings. The number of hydrogen-bond acceptors (Lipinski definition) is 8. The molecule has 0 aliphatic carbocycles. The number of anilines is 2. The van der Waals surface area contributed by atoms with Gasteiger partial charge >= 0.3 is 229 Å². The zero-order valence-corrected chi connectivity index (χ0v) is 28.5. The second kappa shape index (κ2) is 13.8. The van der Waals surface area contributed by atoms with E-state index in [9.17, 15) is 12.8 Å². The number of aromatic nitrogens is 2. The molecule has 0 atom stereocenters. The Morgan fingerprint density at radius 1 is 1.05 bits per heavy atom. The summed E-state index contributed by atoms with van der Waals surface area (Å²) in [6.07, 6.45) is 2.97. The summed E-state index contributed by atoms with van der Waals surface area (Å²) in [6, 6.07) is 19.9. The van der Waals surface area contributed by atoms with Crippen LogP contribution in [-0.2, 0) is 23.0 Å². The van der Waals surface area contributed by atoms with Gasteiger partial charge in [0.15, 0.2) is 0 Å². The van der Waals surface area contributed by atoms with Crippen molar-refractivity contribution >= 4 is 43.7 Å². The number of ether oxygens (including phenoxy) is 1. The Bertz CT molecular complexity index is 1900. The van der Waals surface area contributed by atoms with Crippen LogP contribution in [0.3, 0.4) is 0 Å². The zero-order valence-electron chi connectivity index (χ0n) is 24.7. The molecule has 0 spiro atoms. The minimum absolute atomic E-state index is 0.0939. The molecule has 5 aromatic rings. The third-order valence-electron chi connectivity index (χ3n) is 7.06. The van der Waals surface area contributed by atoms with Gasteiger partial charge in [-0.3, -0.25) is 0 Å². The molecule has 2 aromatic heterocycles. The number of furan rings is 1. The van der Waals surface area contributed by atoms with Crippen molar-refractivity contribution in [2.75, 3.05) is 42.5 Å². The first kappa shape index (κ1) is 32.1. The van der Waals surface area contributed by atoms with Gasteiger partial charge in [0.1, 0.15) is 9.84 Å². The molecule has 0 aliphatic heterocycles. The van der Waals surface area contributed by atoms with Crippen molar-refractivity contribution in [3.63, 3.8) is 0 Å². The summed E-state index contributed by atoms with van der Waals surface area (Å²) in [6.45, 7) is 1.13. The van der Waals surface area contributed by atoms with Gasteiger partial charge < -0.3 is 0 Å². The monoisotopic (exact) mass is 749 g/mol. The Labute approximate surface area is 272 Å². The maximum atomic E-state index is 13.6. The average Bonchev–Trinajstić information content (AvgIpc) is 3.46. The van der Waals surface area contributed by atoms with Crippen LogP contribution in [0, 0.1) is 9.39 Å². The van der Waals surface area contributed by atoms with E-state index in [1.807, 2.05) is 67.5 Å². The van der Waals surface area contributed by atoms with Gasteiger partial charge in [0.25, 0.3) is 0 Å². The molecular formula is C32H32ClFIN4O4S-. The van der Waals surface area contributed by atoms with Crippen LogP contribution in [0.1, 0.15) is 11.3 Å². The quantitative estimate of drug-likeness (QED) is 0.142. The fraction of sp³-hybridized carbons (Fsp3) is 0.250. The van der Waals surface area contributed by atoms with Crippen LogP contribution in [0.4, 0.5) is 15.8 Å². The first-order valence-corrected chi connectivity index (χ1v) is 19.3. The molecule has 2 heterocycles. The predicted octanol–water partition coefficient (Wildman–Crippen LogP) is 3.39. The van der Waals surface area contributed by atoms with Crippen molar-refractivity contribution < 1.29 is 43.2 Å². The second-order valence-electron chi connectivity index (χ2n) is 10.5. The van der Waals surface area contributed by atoms with E-state index in [-0.39, 0.29) is 18.2 Å². The molecule has 12 heteroatoms. The number of rotatable bonds is 12. The summed E-state index contributed by atoms with van der Waals surface area (Å²) in [5, 5.41) is 10.0. The van der Waals surface area contributed by atoms with E-state index in [4.69, 9.17) is 20.8 Å². The van der Waals surface area contributed by atoms with Gasteiger partial charge in [-0.2, -0.15) is 0 Å². The van der Waals surface area contributed by atoms with Gasteiger partial charge in [-0.05, 0) is 7.05 Å². The molecule has 0 radical (unpaired) electrons. The topological polar surface area (TPSA) is 88.8 Å². The van der Waals surface area contributed by atoms with E-state index in [1.165, 1.54) is 18.4 Å². The van der Waals surface area contributed by atoms with Crippen LogP contribution in [0.2, 0.25) is 5.02 Å². The Balaban J connectivity index is 1.40. The number of benzene rings is 3. The van der Waals surface area contributed by atoms with Crippen molar-refractivity contribution in [2.45, 2.75) is 13.2 Å². The van der Waals surface area contributed by atoms with Gasteiger partial charge in [0, 0.05) is 12.8 Å². The van der Waals surface area contributed by atoms with Gasteiger partial charge in [-0.15, -0.1) is 0 Å². The summed E-state index contributed by atoms with van der Waals surface area (Å²) >= 11 is 6.42. The third kappa shape index (κ3) is 7.68. The Hall–Kier alpha value is -3.26. The molecule has 0 bridgehead atoms. The number of fused-ring (bicyclic) bond motifs is 1. The van der Waals surface area contributed by atoms with Gasteiger partial charge in [-0.25, -0.2) is 8.42 Å². The minimum atomic E-state index is -3.04. The summed E-state index contributed by atoms with van der Waals surface area (Å²) in [5.74, 6) is 1.79. The van der Waals surface area contributed by atoms with E-state index < -0.39 is 31.0 Å². The Kier molecular flexibility index (Phi) is 10.1. The van der Waals surface area contributed by atoms with Crippen LogP contribution in [0.15, 0.2) is 77.3 Å². The second-order valence-corrected chi connectivity index (χ2v) is 15.3. The molecule has 0 saturated carbocycles. The van der Waals surface area contributed by atoms with Crippen LogP contribution in [0.5, 0.6) is 5.75 Å². The normalized spacial score (nSPS) is 11.9. The van der Waals surface area contributed by atoms with Gasteiger partial charge in [-0.1, -0.05) is 0 Å². The molecule has 0 amide bonds. The van der Waals surface area contributed by atoms with E-state index in [2.05, 4.69) is 20.0 Å². The third-order valence-corrected chi connectivity index (χ3v) is 10.8. The molecule has 8 nitrogen and oxygen atoms in total. The standard InChI is InChI=1S/C32H32ClFIN4O4S/c1-35-32-27(11-13-30(31(32)33)42-20-21-6-5-7-23(34)16-21)39(3)28-18-36-37-26-10-8-22(17-25(26)28)29-12-9-24(43-29)19-38(2)14-15-44(4,40)41/h5-13,16-18H,14-15,19-20H2,1-4H3/q-1. The van der Waals surface area contributed by atoms with Crippen molar-refractivity contribution in [3.05, 3.63) is 98.7 Å². The molecular weight excluding hydrogens is 718 g/mol. The molecule has 5 rings (SSSR count).